The van der Waals surface area contributed by atoms with Crippen molar-refractivity contribution in [3.8, 4) is 11.9 Å². The lowest BCUT2D eigenvalue weighted by Gasteiger charge is -2.45. The normalized spacial score (nSPS) is 18.5. The van der Waals surface area contributed by atoms with Gasteiger partial charge in [-0.25, -0.2) is 17.7 Å². The van der Waals surface area contributed by atoms with E-state index < -0.39 is 21.5 Å². The Bertz CT molecular complexity index is 2090. The highest BCUT2D eigenvalue weighted by molar-refractivity contribution is 7.93. The molecule has 0 spiro atoms. The molecule has 3 aromatic heterocycles. The predicted molar refractivity (Wildman–Crippen MR) is 167 cm³/mol. The van der Waals surface area contributed by atoms with Crippen LogP contribution in [0.25, 0.3) is 10.9 Å². The summed E-state index contributed by atoms with van der Waals surface area (Å²) in [6.07, 6.45) is 6.54. The Hall–Kier alpha value is -5.38. The second-order valence-corrected chi connectivity index (χ2v) is 12.5. The maximum Gasteiger partial charge on any atom is 0.273 e. The molecular formula is C33H27N7O4S. The van der Waals surface area contributed by atoms with E-state index in [0.717, 1.165) is 9.99 Å². The van der Waals surface area contributed by atoms with Gasteiger partial charge < -0.3 is 9.64 Å². The molecule has 0 bridgehead atoms. The van der Waals surface area contributed by atoms with Crippen LogP contribution >= 0.6 is 0 Å². The topological polar surface area (TPSA) is 133 Å². The minimum atomic E-state index is -4.51. The Morgan fingerprint density at radius 3 is 2.36 bits per heavy atom. The SMILES string of the molecule is COc1ncccc1C1(N2CCN(c3ccncc3)CC2)C(=O)N(S(=O)(=O)c2cccc3cccnc23)c2ccc(C#N)cc21. The Morgan fingerprint density at radius 2 is 1.60 bits per heavy atom. The van der Waals surface area contributed by atoms with Crippen LogP contribution in [0.4, 0.5) is 11.4 Å². The Balaban J connectivity index is 1.45. The minimum absolute atomic E-state index is 0.0966. The fraction of sp³-hybridized carbons (Fsp3) is 0.182. The zero-order valence-corrected chi connectivity index (χ0v) is 25.1. The number of sulfonamides is 1. The van der Waals surface area contributed by atoms with E-state index >= 15 is 4.79 Å². The number of fused-ring (bicyclic) bond motifs is 2. The van der Waals surface area contributed by atoms with Gasteiger partial charge in [0.2, 0.25) is 5.88 Å². The maximum absolute atomic E-state index is 15.3. The third kappa shape index (κ3) is 4.31. The van der Waals surface area contributed by atoms with Gasteiger partial charge in [-0.05, 0) is 54.6 Å². The van der Waals surface area contributed by atoms with Crippen molar-refractivity contribution in [1.82, 2.24) is 19.9 Å². The van der Waals surface area contributed by atoms with Crippen molar-refractivity contribution in [2.75, 3.05) is 42.5 Å². The Labute approximate surface area is 260 Å². The molecule has 0 N–H and O–H groups in total. The number of rotatable bonds is 6. The van der Waals surface area contributed by atoms with Gasteiger partial charge in [0, 0.05) is 73.2 Å². The molecule has 1 amide bonds. The third-order valence-electron chi connectivity index (χ3n) is 8.48. The van der Waals surface area contributed by atoms with Crippen LogP contribution in [0.3, 0.4) is 0 Å². The zero-order chi connectivity index (χ0) is 31.2. The summed E-state index contributed by atoms with van der Waals surface area (Å²) in [4.78, 5) is 32.2. The van der Waals surface area contributed by atoms with Crippen molar-refractivity contribution in [3.63, 3.8) is 0 Å². The number of piperazine rings is 1. The number of anilines is 2. The molecular weight excluding hydrogens is 590 g/mol. The standard InChI is InChI=1S/C33H27N7O4S/c1-44-31-26(7-4-14-37-31)33(39-19-17-38(18-20-39)25-11-15-35-16-12-25)27-21-23(22-34)9-10-28(27)40(32(33)41)45(42,43)29-8-2-5-24-6-3-13-36-30(24)29/h2-16,21H,17-20H2,1H3. The first kappa shape index (κ1) is 28.4. The lowest BCUT2D eigenvalue weighted by Crippen LogP contribution is -2.60. The predicted octanol–water partition coefficient (Wildman–Crippen LogP) is 3.71. The van der Waals surface area contributed by atoms with Crippen molar-refractivity contribution in [3.05, 3.63) is 114 Å². The van der Waals surface area contributed by atoms with E-state index in [-0.39, 0.29) is 27.5 Å². The molecule has 2 aromatic carbocycles. The quantitative estimate of drug-likeness (QED) is 0.278. The van der Waals surface area contributed by atoms with Crippen LogP contribution in [-0.2, 0) is 20.4 Å². The number of benzene rings is 2. The molecule has 5 aromatic rings. The molecule has 1 saturated heterocycles. The van der Waals surface area contributed by atoms with E-state index in [1.54, 1.807) is 61.1 Å². The van der Waals surface area contributed by atoms with Crippen LogP contribution in [-0.4, -0.2) is 67.5 Å². The molecule has 45 heavy (non-hydrogen) atoms. The van der Waals surface area contributed by atoms with Crippen molar-refractivity contribution in [2.45, 2.75) is 10.4 Å². The summed E-state index contributed by atoms with van der Waals surface area (Å²) < 4.78 is 35.9. The highest BCUT2D eigenvalue weighted by Crippen LogP contribution is 2.52. The fourth-order valence-electron chi connectivity index (χ4n) is 6.49. The first-order chi connectivity index (χ1) is 21.9. The van der Waals surface area contributed by atoms with Crippen LogP contribution in [0.15, 0.2) is 102 Å². The average Bonchev–Trinajstić information content (AvgIpc) is 3.36. The van der Waals surface area contributed by atoms with Gasteiger partial charge in [-0.2, -0.15) is 5.26 Å². The van der Waals surface area contributed by atoms with Gasteiger partial charge in [0.15, 0.2) is 5.54 Å². The molecule has 1 unspecified atom stereocenters. The number of nitrogens with zero attached hydrogens (tertiary/aromatic N) is 7. The van der Waals surface area contributed by atoms with Crippen LogP contribution < -0.4 is 13.9 Å². The van der Waals surface area contributed by atoms with Crippen molar-refractivity contribution in [2.24, 2.45) is 0 Å². The highest BCUT2D eigenvalue weighted by atomic mass is 32.2. The molecule has 0 radical (unpaired) electrons. The second kappa shape index (κ2) is 11.0. The molecule has 12 heteroatoms. The van der Waals surface area contributed by atoms with E-state index in [2.05, 4.69) is 25.9 Å². The van der Waals surface area contributed by atoms with Crippen LogP contribution in [0.2, 0.25) is 0 Å². The number of aromatic nitrogens is 3. The summed E-state index contributed by atoms with van der Waals surface area (Å²) in [7, 11) is -3.04. The Kier molecular flexibility index (Phi) is 6.92. The molecule has 11 nitrogen and oxygen atoms in total. The van der Waals surface area contributed by atoms with E-state index in [0.29, 0.717) is 42.7 Å². The molecule has 7 rings (SSSR count). The first-order valence-corrected chi connectivity index (χ1v) is 15.7. The summed E-state index contributed by atoms with van der Waals surface area (Å²) in [6.45, 7) is 1.89. The summed E-state index contributed by atoms with van der Waals surface area (Å²) in [5.41, 5.74) is 0.786. The van der Waals surface area contributed by atoms with Gasteiger partial charge in [0.25, 0.3) is 15.9 Å². The zero-order valence-electron chi connectivity index (χ0n) is 24.2. The molecule has 5 heterocycles. The number of pyridine rings is 3. The number of hydrogen-bond donors (Lipinski definition) is 0. The average molecular weight is 618 g/mol. The molecule has 0 saturated carbocycles. The first-order valence-electron chi connectivity index (χ1n) is 14.3. The van der Waals surface area contributed by atoms with E-state index in [4.69, 9.17) is 4.74 Å². The van der Waals surface area contributed by atoms with Gasteiger partial charge >= 0.3 is 0 Å². The van der Waals surface area contributed by atoms with Crippen LogP contribution in [0, 0.1) is 11.3 Å². The van der Waals surface area contributed by atoms with Gasteiger partial charge in [0.1, 0.15) is 4.90 Å². The molecule has 2 aliphatic heterocycles. The summed E-state index contributed by atoms with van der Waals surface area (Å²) >= 11 is 0. The van der Waals surface area contributed by atoms with Gasteiger partial charge in [-0.15, -0.1) is 0 Å². The largest absolute Gasteiger partial charge is 0.481 e. The summed E-state index contributed by atoms with van der Waals surface area (Å²) in [5, 5.41) is 10.6. The maximum atomic E-state index is 15.3. The number of methoxy groups -OCH3 is 1. The van der Waals surface area contributed by atoms with E-state index in [9.17, 15) is 13.7 Å². The molecule has 1 atom stereocenters. The molecule has 224 valence electrons. The smallest absolute Gasteiger partial charge is 0.273 e. The monoisotopic (exact) mass is 617 g/mol. The molecule has 0 aliphatic carbocycles. The van der Waals surface area contributed by atoms with Gasteiger partial charge in [0.05, 0.1) is 29.9 Å². The molecule has 1 fully saturated rings. The number of carbonyl (C=O) groups excluding carboxylic acids is 1. The van der Waals surface area contributed by atoms with E-state index in [1.165, 1.54) is 31.5 Å². The lowest BCUT2D eigenvalue weighted by molar-refractivity contribution is -0.127. The second-order valence-electron chi connectivity index (χ2n) is 10.7. The number of para-hydroxylation sites is 1. The number of hydrogen-bond acceptors (Lipinski definition) is 10. The van der Waals surface area contributed by atoms with Crippen LogP contribution in [0.5, 0.6) is 5.88 Å². The summed E-state index contributed by atoms with van der Waals surface area (Å²) in [5.74, 6) is -0.522. The number of nitriles is 1. The van der Waals surface area contributed by atoms with Crippen LogP contribution in [0.1, 0.15) is 16.7 Å². The highest BCUT2D eigenvalue weighted by Gasteiger charge is 2.61. The van der Waals surface area contributed by atoms with Crippen molar-refractivity contribution in [1.29, 1.82) is 5.26 Å². The summed E-state index contributed by atoms with van der Waals surface area (Å²) in [6, 6.07) is 22.5. The van der Waals surface area contributed by atoms with E-state index in [1.807, 2.05) is 17.0 Å². The number of amides is 1. The Morgan fingerprint density at radius 1 is 0.867 bits per heavy atom. The fourth-order valence-corrected chi connectivity index (χ4v) is 8.12. The minimum Gasteiger partial charge on any atom is -0.481 e. The van der Waals surface area contributed by atoms with Crippen molar-refractivity contribution >= 4 is 38.2 Å². The number of carbonyl (C=O) groups is 1. The number of ether oxygens (including phenoxy) is 1. The van der Waals surface area contributed by atoms with Gasteiger partial charge in [-0.3, -0.25) is 19.7 Å². The van der Waals surface area contributed by atoms with Crippen molar-refractivity contribution < 1.29 is 17.9 Å². The third-order valence-corrected chi connectivity index (χ3v) is 10.2. The lowest BCUT2D eigenvalue weighted by atomic mass is 9.81. The molecule has 2 aliphatic rings. The van der Waals surface area contributed by atoms with Gasteiger partial charge in [-0.1, -0.05) is 18.2 Å².